The number of sulfone groups is 1. The van der Waals surface area contributed by atoms with Crippen molar-refractivity contribution in [1.29, 1.82) is 0 Å². The van der Waals surface area contributed by atoms with Crippen molar-refractivity contribution in [3.8, 4) is 0 Å². The van der Waals surface area contributed by atoms with Crippen LogP contribution in [0.5, 0.6) is 0 Å². The number of rotatable bonds is 6. The Morgan fingerprint density at radius 2 is 1.86 bits per heavy atom. The Balaban J connectivity index is 3.18. The highest BCUT2D eigenvalue weighted by atomic mass is 32.2. The topological polar surface area (TPSA) is 109 Å². The van der Waals surface area contributed by atoms with Crippen LogP contribution in [-0.2, 0) is 19.9 Å². The number of nitrogens with zero attached hydrogens (tertiary/aromatic N) is 1. The Labute approximate surface area is 122 Å². The van der Waals surface area contributed by atoms with Gasteiger partial charge in [0.25, 0.3) is 0 Å². The predicted molar refractivity (Wildman–Crippen MR) is 72.9 cm³/mol. The lowest BCUT2D eigenvalue weighted by molar-refractivity contribution is 0.0696. The van der Waals surface area contributed by atoms with E-state index in [0.717, 1.165) is 25.4 Å². The predicted octanol–water partition coefficient (Wildman–Crippen LogP) is 0.189. The Kier molecular flexibility index (Phi) is 5.07. The number of carbonyl (C=O) groups is 1. The molecule has 118 valence electrons. The van der Waals surface area contributed by atoms with E-state index in [1.54, 1.807) is 0 Å². The molecule has 0 atom stereocenters. The molecule has 0 aliphatic carbocycles. The van der Waals surface area contributed by atoms with Gasteiger partial charge in [-0.2, -0.15) is 4.31 Å². The van der Waals surface area contributed by atoms with Gasteiger partial charge < -0.3 is 5.11 Å². The lowest BCUT2D eigenvalue weighted by Crippen LogP contribution is -2.32. The molecule has 0 aliphatic rings. The third-order valence-corrected chi connectivity index (χ3v) is 5.44. The fourth-order valence-electron chi connectivity index (χ4n) is 1.42. The SMILES string of the molecule is CN(CCS(C)(=O)=O)S(=O)(=O)c1cc(C(=O)O)ccc1F. The van der Waals surface area contributed by atoms with Crippen molar-refractivity contribution in [2.24, 2.45) is 0 Å². The molecule has 21 heavy (non-hydrogen) atoms. The van der Waals surface area contributed by atoms with Crippen LogP contribution in [0.15, 0.2) is 23.1 Å². The third-order valence-electron chi connectivity index (χ3n) is 2.64. The number of hydrogen-bond acceptors (Lipinski definition) is 5. The molecule has 0 unspecified atom stereocenters. The molecule has 0 heterocycles. The molecule has 0 bridgehead atoms. The monoisotopic (exact) mass is 339 g/mol. The van der Waals surface area contributed by atoms with Gasteiger partial charge >= 0.3 is 5.97 Å². The maximum Gasteiger partial charge on any atom is 0.335 e. The van der Waals surface area contributed by atoms with Crippen LogP contribution in [-0.4, -0.2) is 57.8 Å². The zero-order valence-electron chi connectivity index (χ0n) is 11.3. The quantitative estimate of drug-likeness (QED) is 0.792. The van der Waals surface area contributed by atoms with Crippen molar-refractivity contribution in [3.05, 3.63) is 29.6 Å². The molecule has 1 aromatic carbocycles. The number of sulfonamides is 1. The standard InChI is InChI=1S/C11H14FNO6S2/c1-13(5-6-20(2,16)17)21(18,19)10-7-8(11(14)15)3-4-9(10)12/h3-4,7H,5-6H2,1-2H3,(H,14,15). The van der Waals surface area contributed by atoms with Gasteiger partial charge in [0, 0.05) is 19.8 Å². The molecule has 0 radical (unpaired) electrons. The van der Waals surface area contributed by atoms with E-state index in [2.05, 4.69) is 0 Å². The highest BCUT2D eigenvalue weighted by Crippen LogP contribution is 2.20. The molecule has 0 aliphatic heterocycles. The Bertz CT molecular complexity index is 757. The van der Waals surface area contributed by atoms with Gasteiger partial charge in [0.05, 0.1) is 11.3 Å². The van der Waals surface area contributed by atoms with E-state index < -0.39 is 42.3 Å². The summed E-state index contributed by atoms with van der Waals surface area (Å²) < 4.78 is 60.7. The summed E-state index contributed by atoms with van der Waals surface area (Å²) in [6.45, 7) is -0.363. The smallest absolute Gasteiger partial charge is 0.335 e. The van der Waals surface area contributed by atoms with Crippen molar-refractivity contribution in [3.63, 3.8) is 0 Å². The van der Waals surface area contributed by atoms with Gasteiger partial charge in [0.15, 0.2) is 0 Å². The van der Waals surface area contributed by atoms with E-state index in [-0.39, 0.29) is 12.1 Å². The van der Waals surface area contributed by atoms with Crippen molar-refractivity contribution >= 4 is 25.8 Å². The van der Waals surface area contributed by atoms with E-state index in [1.807, 2.05) is 0 Å². The number of halogens is 1. The molecule has 0 aromatic heterocycles. The van der Waals surface area contributed by atoms with Gasteiger partial charge in [-0.3, -0.25) is 0 Å². The summed E-state index contributed by atoms with van der Waals surface area (Å²) in [5.74, 6) is -2.93. The molecule has 0 fully saturated rings. The Morgan fingerprint density at radius 3 is 2.33 bits per heavy atom. The van der Waals surface area contributed by atoms with Crippen LogP contribution >= 0.6 is 0 Å². The van der Waals surface area contributed by atoms with E-state index in [1.165, 1.54) is 0 Å². The van der Waals surface area contributed by atoms with Gasteiger partial charge in [-0.25, -0.2) is 26.0 Å². The summed E-state index contributed by atoms with van der Waals surface area (Å²) in [7, 11) is -6.61. The minimum Gasteiger partial charge on any atom is -0.478 e. The number of carboxylic acids is 1. The van der Waals surface area contributed by atoms with E-state index in [9.17, 15) is 26.0 Å². The van der Waals surface area contributed by atoms with Gasteiger partial charge in [0.1, 0.15) is 20.5 Å². The van der Waals surface area contributed by atoms with Crippen LogP contribution in [0.4, 0.5) is 4.39 Å². The second kappa shape index (κ2) is 6.08. The minimum atomic E-state index is -4.32. The number of benzene rings is 1. The highest BCUT2D eigenvalue weighted by Gasteiger charge is 2.26. The first-order valence-electron chi connectivity index (χ1n) is 5.62. The average molecular weight is 339 g/mol. The van der Waals surface area contributed by atoms with Crippen LogP contribution in [0.2, 0.25) is 0 Å². The van der Waals surface area contributed by atoms with Gasteiger partial charge in [-0.05, 0) is 18.2 Å². The van der Waals surface area contributed by atoms with Crippen LogP contribution < -0.4 is 0 Å². The lowest BCUT2D eigenvalue weighted by Gasteiger charge is -2.17. The summed E-state index contributed by atoms with van der Waals surface area (Å²) in [6.07, 6.45) is 0.944. The molecular formula is C11H14FNO6S2. The van der Waals surface area contributed by atoms with E-state index >= 15 is 0 Å². The Hall–Kier alpha value is -1.52. The fourth-order valence-corrected chi connectivity index (χ4v) is 3.40. The Morgan fingerprint density at radius 1 is 1.29 bits per heavy atom. The summed E-state index contributed by atoms with van der Waals surface area (Å²) in [5, 5.41) is 8.80. The molecule has 0 saturated carbocycles. The van der Waals surface area contributed by atoms with Gasteiger partial charge in [-0.15, -0.1) is 0 Å². The number of hydrogen-bond donors (Lipinski definition) is 1. The first-order valence-corrected chi connectivity index (χ1v) is 9.12. The van der Waals surface area contributed by atoms with Crippen molar-refractivity contribution in [2.45, 2.75) is 4.90 Å². The zero-order valence-corrected chi connectivity index (χ0v) is 12.9. The molecule has 1 aromatic rings. The fraction of sp³-hybridized carbons (Fsp3) is 0.364. The van der Waals surface area contributed by atoms with Crippen molar-refractivity contribution in [2.75, 3.05) is 25.6 Å². The maximum atomic E-state index is 13.6. The first kappa shape index (κ1) is 17.5. The summed E-state index contributed by atoms with van der Waals surface area (Å²) >= 11 is 0. The summed E-state index contributed by atoms with van der Waals surface area (Å²) in [6, 6.07) is 2.37. The van der Waals surface area contributed by atoms with Gasteiger partial charge in [0.2, 0.25) is 10.0 Å². The average Bonchev–Trinajstić information content (AvgIpc) is 2.34. The number of aromatic carboxylic acids is 1. The second-order valence-corrected chi connectivity index (χ2v) is 8.68. The lowest BCUT2D eigenvalue weighted by atomic mass is 10.2. The van der Waals surface area contributed by atoms with Crippen LogP contribution in [0.1, 0.15) is 10.4 Å². The molecule has 0 spiro atoms. The van der Waals surface area contributed by atoms with Crippen molar-refractivity contribution in [1.82, 2.24) is 4.31 Å². The van der Waals surface area contributed by atoms with E-state index in [0.29, 0.717) is 10.4 Å². The normalized spacial score (nSPS) is 12.6. The highest BCUT2D eigenvalue weighted by molar-refractivity contribution is 7.91. The third kappa shape index (κ3) is 4.48. The molecule has 0 saturated heterocycles. The summed E-state index contributed by atoms with van der Waals surface area (Å²) in [5.41, 5.74) is -0.383. The number of carboxylic acid groups (broad SMARTS) is 1. The molecular weight excluding hydrogens is 325 g/mol. The van der Waals surface area contributed by atoms with Crippen LogP contribution in [0, 0.1) is 5.82 Å². The second-order valence-electron chi connectivity index (χ2n) is 4.41. The molecule has 10 heteroatoms. The first-order chi connectivity index (χ1) is 9.45. The van der Waals surface area contributed by atoms with Crippen molar-refractivity contribution < 1.29 is 31.1 Å². The molecule has 7 nitrogen and oxygen atoms in total. The van der Waals surface area contributed by atoms with Crippen LogP contribution in [0.3, 0.4) is 0 Å². The summed E-state index contributed by atoms with van der Waals surface area (Å²) in [4.78, 5) is 10.0. The van der Waals surface area contributed by atoms with Gasteiger partial charge in [-0.1, -0.05) is 0 Å². The largest absolute Gasteiger partial charge is 0.478 e. The van der Waals surface area contributed by atoms with E-state index in [4.69, 9.17) is 5.11 Å². The zero-order chi connectivity index (χ0) is 16.4. The molecule has 1 rings (SSSR count). The minimum absolute atomic E-state index is 0.363. The molecule has 0 amide bonds. The maximum absolute atomic E-state index is 13.6. The molecule has 1 N–H and O–H groups in total. The van der Waals surface area contributed by atoms with Crippen LogP contribution in [0.25, 0.3) is 0 Å².